The zero-order valence-corrected chi connectivity index (χ0v) is 16.7. The van der Waals surface area contributed by atoms with E-state index in [2.05, 4.69) is 0 Å². The lowest BCUT2D eigenvalue weighted by molar-refractivity contribution is -0.154. The van der Waals surface area contributed by atoms with Gasteiger partial charge in [0, 0.05) is 5.92 Å². The summed E-state index contributed by atoms with van der Waals surface area (Å²) in [5, 5.41) is 9.31. The molecule has 0 bridgehead atoms. The van der Waals surface area contributed by atoms with Crippen molar-refractivity contribution in [3.8, 4) is 0 Å². The summed E-state index contributed by atoms with van der Waals surface area (Å²) in [6, 6.07) is 9.84. The second-order valence-electron chi connectivity index (χ2n) is 7.23. The van der Waals surface area contributed by atoms with Crippen LogP contribution in [0.15, 0.2) is 30.3 Å². The molecule has 0 fully saturated rings. The summed E-state index contributed by atoms with van der Waals surface area (Å²) in [4.78, 5) is 23.5. The van der Waals surface area contributed by atoms with Crippen molar-refractivity contribution in [1.29, 1.82) is 0 Å². The number of rotatable bonds is 12. The van der Waals surface area contributed by atoms with Crippen LogP contribution in [0.25, 0.3) is 0 Å². The van der Waals surface area contributed by atoms with Crippen LogP contribution in [0.3, 0.4) is 0 Å². The Morgan fingerprint density at radius 1 is 0.963 bits per heavy atom. The molecule has 0 heterocycles. The van der Waals surface area contributed by atoms with Crippen LogP contribution in [0, 0.1) is 11.8 Å². The number of esters is 2. The van der Waals surface area contributed by atoms with Gasteiger partial charge in [-0.3, -0.25) is 9.59 Å². The number of hydrogen-bond donors (Lipinski definition) is 1. The summed E-state index contributed by atoms with van der Waals surface area (Å²) in [5.41, 5.74) is 1.10. The maximum Gasteiger partial charge on any atom is 0.308 e. The van der Waals surface area contributed by atoms with Crippen LogP contribution < -0.4 is 0 Å². The predicted molar refractivity (Wildman–Crippen MR) is 102 cm³/mol. The lowest BCUT2D eigenvalue weighted by Crippen LogP contribution is -2.29. The van der Waals surface area contributed by atoms with Crippen molar-refractivity contribution in [2.75, 3.05) is 26.4 Å². The van der Waals surface area contributed by atoms with Gasteiger partial charge in [0.1, 0.15) is 12.7 Å². The summed E-state index contributed by atoms with van der Waals surface area (Å²) < 4.78 is 15.9. The average Bonchev–Trinajstić information content (AvgIpc) is 2.66. The number of carbonyl (C=O) groups is 2. The maximum atomic E-state index is 12.0. The van der Waals surface area contributed by atoms with Gasteiger partial charge in [0.05, 0.1) is 32.2 Å². The van der Waals surface area contributed by atoms with Gasteiger partial charge in [-0.25, -0.2) is 0 Å². The zero-order valence-electron chi connectivity index (χ0n) is 16.7. The van der Waals surface area contributed by atoms with Gasteiger partial charge in [-0.2, -0.15) is 0 Å². The first-order chi connectivity index (χ1) is 12.8. The molecule has 0 aliphatic heterocycles. The standard InChI is InChI=1S/C21H32O6/c1-15(2)21(24)27-14-19(11-22)25-12-16(3)13-26-20(23)10-17(4)18-8-6-5-7-9-18/h5-9,15-17,19,22H,10-14H2,1-4H3. The first kappa shape index (κ1) is 23.1. The van der Waals surface area contributed by atoms with Crippen molar-refractivity contribution in [2.45, 2.75) is 46.1 Å². The van der Waals surface area contributed by atoms with Crippen molar-refractivity contribution >= 4 is 11.9 Å². The number of aliphatic hydroxyl groups excluding tert-OH is 1. The van der Waals surface area contributed by atoms with Gasteiger partial charge >= 0.3 is 11.9 Å². The third kappa shape index (κ3) is 9.54. The first-order valence-electron chi connectivity index (χ1n) is 9.43. The summed E-state index contributed by atoms with van der Waals surface area (Å²) in [7, 11) is 0. The highest BCUT2D eigenvalue weighted by atomic mass is 16.6. The Morgan fingerprint density at radius 3 is 2.22 bits per heavy atom. The number of aliphatic hydroxyl groups is 1. The van der Waals surface area contributed by atoms with E-state index in [1.165, 1.54) is 0 Å². The predicted octanol–water partition coefficient (Wildman–Crippen LogP) is 2.94. The largest absolute Gasteiger partial charge is 0.465 e. The lowest BCUT2D eigenvalue weighted by Gasteiger charge is -2.19. The molecule has 0 saturated heterocycles. The molecule has 152 valence electrons. The molecule has 0 saturated carbocycles. The van der Waals surface area contributed by atoms with Crippen LogP contribution in [0.5, 0.6) is 0 Å². The summed E-state index contributed by atoms with van der Waals surface area (Å²) >= 11 is 0. The monoisotopic (exact) mass is 380 g/mol. The molecule has 1 aromatic rings. The van der Waals surface area contributed by atoms with E-state index in [1.807, 2.05) is 44.2 Å². The van der Waals surface area contributed by atoms with Gasteiger partial charge in [-0.15, -0.1) is 0 Å². The van der Waals surface area contributed by atoms with Gasteiger partial charge in [0.2, 0.25) is 0 Å². The highest BCUT2D eigenvalue weighted by molar-refractivity contribution is 5.71. The van der Waals surface area contributed by atoms with Crippen LogP contribution in [-0.4, -0.2) is 49.6 Å². The molecule has 6 nitrogen and oxygen atoms in total. The van der Waals surface area contributed by atoms with Gasteiger partial charge < -0.3 is 19.3 Å². The van der Waals surface area contributed by atoms with E-state index in [1.54, 1.807) is 13.8 Å². The fraction of sp³-hybridized carbons (Fsp3) is 0.619. The molecule has 3 atom stereocenters. The van der Waals surface area contributed by atoms with Crippen molar-refractivity contribution < 1.29 is 28.9 Å². The molecule has 0 amide bonds. The Morgan fingerprint density at radius 2 is 1.63 bits per heavy atom. The minimum Gasteiger partial charge on any atom is -0.465 e. The summed E-state index contributed by atoms with van der Waals surface area (Å²) in [6.45, 7) is 7.67. The Balaban J connectivity index is 2.26. The SMILES string of the molecule is CC(COC(=O)CC(C)c1ccccc1)COC(CO)COC(=O)C(C)C. The average molecular weight is 380 g/mol. The van der Waals surface area contributed by atoms with E-state index in [4.69, 9.17) is 14.2 Å². The molecule has 6 heteroatoms. The normalized spacial score (nSPS) is 14.4. The Kier molecular flexibility index (Phi) is 10.7. The molecule has 0 aliphatic carbocycles. The molecule has 0 aromatic heterocycles. The van der Waals surface area contributed by atoms with Gasteiger partial charge in [0.15, 0.2) is 0 Å². The number of carbonyl (C=O) groups excluding carboxylic acids is 2. The van der Waals surface area contributed by atoms with Crippen molar-refractivity contribution in [3.05, 3.63) is 35.9 Å². The molecule has 1 N–H and O–H groups in total. The van der Waals surface area contributed by atoms with Crippen LogP contribution in [0.4, 0.5) is 0 Å². The van der Waals surface area contributed by atoms with E-state index in [0.717, 1.165) is 5.56 Å². The van der Waals surface area contributed by atoms with Gasteiger partial charge in [-0.1, -0.05) is 58.0 Å². The van der Waals surface area contributed by atoms with E-state index in [-0.39, 0.29) is 49.5 Å². The third-order valence-corrected chi connectivity index (χ3v) is 4.07. The molecule has 0 aliphatic rings. The molecular formula is C21H32O6. The summed E-state index contributed by atoms with van der Waals surface area (Å²) in [5.74, 6) is -0.731. The molecule has 3 unspecified atom stereocenters. The molecule has 1 aromatic carbocycles. The lowest BCUT2D eigenvalue weighted by atomic mass is 9.98. The highest BCUT2D eigenvalue weighted by Crippen LogP contribution is 2.19. The fourth-order valence-corrected chi connectivity index (χ4v) is 2.29. The van der Waals surface area contributed by atoms with Crippen molar-refractivity contribution in [3.63, 3.8) is 0 Å². The Labute approximate surface area is 161 Å². The molecular weight excluding hydrogens is 348 g/mol. The van der Waals surface area contributed by atoms with E-state index in [9.17, 15) is 14.7 Å². The zero-order chi connectivity index (χ0) is 20.2. The molecule has 0 spiro atoms. The van der Waals surface area contributed by atoms with Crippen molar-refractivity contribution in [2.24, 2.45) is 11.8 Å². The smallest absolute Gasteiger partial charge is 0.308 e. The first-order valence-corrected chi connectivity index (χ1v) is 9.43. The van der Waals surface area contributed by atoms with E-state index >= 15 is 0 Å². The second-order valence-corrected chi connectivity index (χ2v) is 7.23. The highest BCUT2D eigenvalue weighted by Gasteiger charge is 2.17. The van der Waals surface area contributed by atoms with Crippen LogP contribution in [0.1, 0.15) is 45.6 Å². The molecule has 0 radical (unpaired) electrons. The van der Waals surface area contributed by atoms with Crippen molar-refractivity contribution in [1.82, 2.24) is 0 Å². The molecule has 1 rings (SSSR count). The topological polar surface area (TPSA) is 82.1 Å². The number of ether oxygens (including phenoxy) is 3. The van der Waals surface area contributed by atoms with Crippen LogP contribution in [0.2, 0.25) is 0 Å². The minimum absolute atomic E-state index is 0.00854. The Hall–Kier alpha value is -1.92. The minimum atomic E-state index is -0.580. The van der Waals surface area contributed by atoms with Gasteiger partial charge in [-0.05, 0) is 11.5 Å². The fourth-order valence-electron chi connectivity index (χ4n) is 2.29. The van der Waals surface area contributed by atoms with Gasteiger partial charge in [0.25, 0.3) is 0 Å². The summed E-state index contributed by atoms with van der Waals surface area (Å²) in [6.07, 6.45) is -0.258. The van der Waals surface area contributed by atoms with E-state index in [0.29, 0.717) is 13.0 Å². The second kappa shape index (κ2) is 12.5. The third-order valence-electron chi connectivity index (χ3n) is 4.07. The Bertz CT molecular complexity index is 557. The number of hydrogen-bond acceptors (Lipinski definition) is 6. The number of benzene rings is 1. The van der Waals surface area contributed by atoms with E-state index < -0.39 is 6.10 Å². The van der Waals surface area contributed by atoms with Crippen LogP contribution >= 0.6 is 0 Å². The quantitative estimate of drug-likeness (QED) is 0.562. The van der Waals surface area contributed by atoms with Crippen LogP contribution in [-0.2, 0) is 23.8 Å². The maximum absolute atomic E-state index is 12.0. The molecule has 27 heavy (non-hydrogen) atoms.